The molecule has 0 aromatic carbocycles. The van der Waals surface area contributed by atoms with Gasteiger partial charge in [0.1, 0.15) is 0 Å². The average Bonchev–Trinajstić information content (AvgIpc) is 3.28. The molecule has 1 N–H and O–H groups in total. The van der Waals surface area contributed by atoms with Crippen molar-refractivity contribution in [3.8, 4) is 0 Å². The predicted octanol–water partition coefficient (Wildman–Crippen LogP) is 4.82. The van der Waals surface area contributed by atoms with Gasteiger partial charge in [0.25, 0.3) is 0 Å². The van der Waals surface area contributed by atoms with Crippen molar-refractivity contribution in [1.82, 2.24) is 15.1 Å². The molecule has 1 heterocycles. The number of nitrogens with zero attached hydrogens (tertiary/aromatic N) is 2. The van der Waals surface area contributed by atoms with Crippen molar-refractivity contribution in [3.05, 3.63) is 37.0 Å². The van der Waals surface area contributed by atoms with Gasteiger partial charge in [0.05, 0.1) is 18.1 Å². The maximum absolute atomic E-state index is 13.4. The number of amides is 2. The number of rotatable bonds is 15. The molecule has 1 fully saturated rings. The predicted molar refractivity (Wildman–Crippen MR) is 146 cm³/mol. The first-order valence-electron chi connectivity index (χ1n) is 13.2. The Hall–Kier alpha value is -1.92. The molecular formula is C29H51N3O3. The van der Waals surface area contributed by atoms with Crippen LogP contribution in [0.25, 0.3) is 0 Å². The number of hydrogen-bond acceptors (Lipinski definition) is 4. The van der Waals surface area contributed by atoms with Gasteiger partial charge in [0, 0.05) is 32.2 Å². The molecule has 6 heteroatoms. The molecule has 0 bridgehead atoms. The Balaban J connectivity index is 2.88. The van der Waals surface area contributed by atoms with E-state index in [-0.39, 0.29) is 41.8 Å². The average molecular weight is 490 g/mol. The lowest BCUT2D eigenvalue weighted by Crippen LogP contribution is -2.51. The van der Waals surface area contributed by atoms with Crippen LogP contribution < -0.4 is 5.32 Å². The molecule has 0 aromatic rings. The van der Waals surface area contributed by atoms with Crippen molar-refractivity contribution in [2.75, 3.05) is 27.7 Å². The number of likely N-dealkylation sites (tertiary alicyclic amines) is 1. The summed E-state index contributed by atoms with van der Waals surface area (Å²) in [5.41, 5.74) is 1.03. The van der Waals surface area contributed by atoms with Crippen LogP contribution in [0.1, 0.15) is 66.7 Å². The lowest BCUT2D eigenvalue weighted by Gasteiger charge is -2.37. The summed E-state index contributed by atoms with van der Waals surface area (Å²) in [5.74, 6) is 0.511. The van der Waals surface area contributed by atoms with E-state index in [0.717, 1.165) is 31.4 Å². The fraction of sp³-hybridized carbons (Fsp3) is 0.724. The maximum atomic E-state index is 13.4. The Morgan fingerprint density at radius 3 is 2.31 bits per heavy atom. The first-order valence-corrected chi connectivity index (χ1v) is 13.2. The summed E-state index contributed by atoms with van der Waals surface area (Å²) >= 11 is 0. The molecule has 0 aromatic heterocycles. The second-order valence-corrected chi connectivity index (χ2v) is 10.6. The van der Waals surface area contributed by atoms with Crippen molar-refractivity contribution in [2.45, 2.75) is 91.0 Å². The first-order chi connectivity index (χ1) is 16.5. The molecule has 1 rings (SSSR count). The number of hydrogen-bond donors (Lipinski definition) is 1. The highest BCUT2D eigenvalue weighted by Gasteiger charge is 2.40. The van der Waals surface area contributed by atoms with Crippen LogP contribution >= 0.6 is 0 Å². The zero-order chi connectivity index (χ0) is 26.7. The van der Waals surface area contributed by atoms with Gasteiger partial charge in [-0.15, -0.1) is 0 Å². The van der Waals surface area contributed by atoms with E-state index in [1.54, 1.807) is 19.3 Å². The minimum atomic E-state index is -0.372. The Morgan fingerprint density at radius 2 is 1.80 bits per heavy atom. The maximum Gasteiger partial charge on any atom is 0.225 e. The molecule has 1 aliphatic heterocycles. The summed E-state index contributed by atoms with van der Waals surface area (Å²) < 4.78 is 5.86. The van der Waals surface area contributed by atoms with Gasteiger partial charge < -0.3 is 19.9 Å². The molecule has 1 aliphatic rings. The smallest absolute Gasteiger partial charge is 0.225 e. The molecule has 6 nitrogen and oxygen atoms in total. The molecule has 35 heavy (non-hydrogen) atoms. The molecule has 0 radical (unpaired) electrons. The van der Waals surface area contributed by atoms with Crippen molar-refractivity contribution in [3.63, 3.8) is 0 Å². The minimum Gasteiger partial charge on any atom is -0.378 e. The van der Waals surface area contributed by atoms with E-state index in [4.69, 9.17) is 4.74 Å². The van der Waals surface area contributed by atoms with Crippen molar-refractivity contribution in [2.24, 2.45) is 17.8 Å². The zero-order valence-electron chi connectivity index (χ0n) is 23.5. The van der Waals surface area contributed by atoms with Gasteiger partial charge in [0.2, 0.25) is 11.8 Å². The van der Waals surface area contributed by atoms with Gasteiger partial charge in [-0.25, -0.2) is 0 Å². The quantitative estimate of drug-likeness (QED) is 0.335. The Bertz CT molecular complexity index is 733. The summed E-state index contributed by atoms with van der Waals surface area (Å²) in [7, 11) is 5.85. The number of ether oxygens (including phenoxy) is 1. The van der Waals surface area contributed by atoms with Crippen LogP contribution in [0.2, 0.25) is 0 Å². The van der Waals surface area contributed by atoms with E-state index in [2.05, 4.69) is 58.2 Å². The largest absolute Gasteiger partial charge is 0.378 e. The van der Waals surface area contributed by atoms with Crippen LogP contribution in [0.3, 0.4) is 0 Å². The van der Waals surface area contributed by atoms with Crippen LogP contribution in [-0.4, -0.2) is 73.6 Å². The van der Waals surface area contributed by atoms with E-state index >= 15 is 0 Å². The summed E-state index contributed by atoms with van der Waals surface area (Å²) in [6, 6.07) is 0.226. The summed E-state index contributed by atoms with van der Waals surface area (Å²) in [6.45, 7) is 18.8. The van der Waals surface area contributed by atoms with Crippen molar-refractivity contribution < 1.29 is 14.3 Å². The molecular weight excluding hydrogens is 438 g/mol. The van der Waals surface area contributed by atoms with E-state index in [0.29, 0.717) is 24.8 Å². The van der Waals surface area contributed by atoms with Crippen LogP contribution in [0.5, 0.6) is 0 Å². The third-order valence-corrected chi connectivity index (χ3v) is 7.60. The van der Waals surface area contributed by atoms with Crippen LogP contribution in [-0.2, 0) is 14.3 Å². The topological polar surface area (TPSA) is 61.9 Å². The molecule has 0 spiro atoms. The monoisotopic (exact) mass is 489 g/mol. The molecule has 0 aliphatic carbocycles. The van der Waals surface area contributed by atoms with Crippen LogP contribution in [0.4, 0.5) is 0 Å². The fourth-order valence-electron chi connectivity index (χ4n) is 5.77. The third-order valence-electron chi connectivity index (χ3n) is 7.60. The number of carbonyl (C=O) groups is 2. The van der Waals surface area contributed by atoms with Gasteiger partial charge in [-0.05, 0) is 57.7 Å². The van der Waals surface area contributed by atoms with E-state index in [1.165, 1.54) is 0 Å². The SMILES string of the molecule is C=C/C=C(\C=C)C[C@@H](C)NC(=O)[C@H](C)C(OC)[C@@H]1CCCN1C(=O)C[C@@H](C)[C@H]([C@@H](C)CC)N(C)C. The number of methoxy groups -OCH3 is 1. The highest BCUT2D eigenvalue weighted by molar-refractivity contribution is 5.80. The zero-order valence-corrected chi connectivity index (χ0v) is 23.5. The van der Waals surface area contributed by atoms with E-state index in [9.17, 15) is 9.59 Å². The fourth-order valence-corrected chi connectivity index (χ4v) is 5.77. The number of carbonyl (C=O) groups excluding carboxylic acids is 2. The van der Waals surface area contributed by atoms with Gasteiger partial charge in [-0.3, -0.25) is 9.59 Å². The van der Waals surface area contributed by atoms with Gasteiger partial charge in [0.15, 0.2) is 0 Å². The Kier molecular flexibility index (Phi) is 13.6. The van der Waals surface area contributed by atoms with Crippen LogP contribution in [0, 0.1) is 17.8 Å². The van der Waals surface area contributed by atoms with Crippen molar-refractivity contribution in [1.29, 1.82) is 0 Å². The van der Waals surface area contributed by atoms with Gasteiger partial charge in [-0.2, -0.15) is 0 Å². The standard InChI is InChI=1S/C29H51N3O3/c1-11-15-24(13-3)19-22(6)30-29(34)23(7)28(35-10)25-16-14-17-32(25)26(33)18-21(5)27(31(8)9)20(4)12-2/h11,13,15,20-23,25,27-28H,1,3,12,14,16-19H2,2,4-10H3,(H,30,34)/b24-15+/t20-,21+,22+,23+,25-,27-,28?/m0/s1. The molecule has 1 saturated heterocycles. The first kappa shape index (κ1) is 31.1. The second-order valence-electron chi connectivity index (χ2n) is 10.6. The normalized spacial score (nSPS) is 21.7. The number of nitrogens with one attached hydrogen (secondary N) is 1. The van der Waals surface area contributed by atoms with Gasteiger partial charge in [-0.1, -0.05) is 65.5 Å². The summed E-state index contributed by atoms with van der Waals surface area (Å²) in [6.07, 6.45) is 9.15. The highest BCUT2D eigenvalue weighted by Crippen LogP contribution is 2.30. The van der Waals surface area contributed by atoms with Crippen molar-refractivity contribution >= 4 is 11.8 Å². The molecule has 1 unspecified atom stereocenters. The van der Waals surface area contributed by atoms with Crippen LogP contribution in [0.15, 0.2) is 37.0 Å². The van der Waals surface area contributed by atoms with E-state index in [1.807, 2.05) is 24.8 Å². The lowest BCUT2D eigenvalue weighted by atomic mass is 9.85. The summed E-state index contributed by atoms with van der Waals surface area (Å²) in [5, 5.41) is 3.11. The third kappa shape index (κ3) is 8.91. The Labute approximate surface area is 214 Å². The molecule has 200 valence electrons. The molecule has 0 saturated carbocycles. The minimum absolute atomic E-state index is 0.0441. The summed E-state index contributed by atoms with van der Waals surface area (Å²) in [4.78, 5) is 30.8. The Morgan fingerprint density at radius 1 is 1.14 bits per heavy atom. The van der Waals surface area contributed by atoms with Gasteiger partial charge >= 0.3 is 0 Å². The second kappa shape index (κ2) is 15.2. The van der Waals surface area contributed by atoms with E-state index < -0.39 is 0 Å². The molecule has 7 atom stereocenters. The number of allylic oxidation sites excluding steroid dienone is 3. The highest BCUT2D eigenvalue weighted by atomic mass is 16.5. The molecule has 2 amide bonds. The lowest BCUT2D eigenvalue weighted by molar-refractivity contribution is -0.141.